The maximum Gasteiger partial charge on any atom is 0.122 e. The number of nitrogens with one attached hydrogen (secondary N) is 1. The van der Waals surface area contributed by atoms with Gasteiger partial charge in [-0.15, -0.1) is 0 Å². The molecule has 3 nitrogen and oxygen atoms in total. The Hall–Kier alpha value is -1.06. The number of hydrogen-bond donors (Lipinski definition) is 1. The SMILES string of the molecule is CC(C)c1ccccc1OCCNCCCN(C)C. The van der Waals surface area contributed by atoms with E-state index >= 15 is 0 Å². The van der Waals surface area contributed by atoms with Gasteiger partial charge in [0.05, 0.1) is 0 Å². The van der Waals surface area contributed by atoms with E-state index in [4.69, 9.17) is 4.74 Å². The standard InChI is InChI=1S/C16H28N2O/c1-14(2)15-8-5-6-9-16(15)19-13-11-17-10-7-12-18(3)4/h5-6,8-9,14,17H,7,10-13H2,1-4H3. The summed E-state index contributed by atoms with van der Waals surface area (Å²) in [5.74, 6) is 1.52. The summed E-state index contributed by atoms with van der Waals surface area (Å²) in [6.45, 7) is 8.20. The first-order valence-corrected chi connectivity index (χ1v) is 7.18. The van der Waals surface area contributed by atoms with Crippen molar-refractivity contribution in [1.82, 2.24) is 10.2 Å². The molecule has 1 aromatic carbocycles. The Kier molecular flexibility index (Phi) is 7.53. The number of hydrogen-bond acceptors (Lipinski definition) is 3. The number of ether oxygens (including phenoxy) is 1. The lowest BCUT2D eigenvalue weighted by molar-refractivity contribution is 0.307. The van der Waals surface area contributed by atoms with E-state index in [9.17, 15) is 0 Å². The highest BCUT2D eigenvalue weighted by Gasteiger charge is 2.06. The van der Waals surface area contributed by atoms with Crippen molar-refractivity contribution < 1.29 is 4.74 Å². The molecule has 0 aliphatic heterocycles. The van der Waals surface area contributed by atoms with Crippen LogP contribution in [0.25, 0.3) is 0 Å². The van der Waals surface area contributed by atoms with Gasteiger partial charge in [-0.2, -0.15) is 0 Å². The molecule has 0 spiro atoms. The van der Waals surface area contributed by atoms with Crippen molar-refractivity contribution in [2.45, 2.75) is 26.2 Å². The second kappa shape index (κ2) is 8.94. The minimum absolute atomic E-state index is 0.504. The molecule has 1 aromatic rings. The molecule has 0 bridgehead atoms. The van der Waals surface area contributed by atoms with E-state index in [0.29, 0.717) is 5.92 Å². The molecule has 0 fully saturated rings. The Balaban J connectivity index is 2.19. The number of benzene rings is 1. The smallest absolute Gasteiger partial charge is 0.122 e. The summed E-state index contributed by atoms with van der Waals surface area (Å²) in [4.78, 5) is 2.21. The van der Waals surface area contributed by atoms with Gasteiger partial charge in [-0.05, 0) is 51.2 Å². The summed E-state index contributed by atoms with van der Waals surface area (Å²) in [6.07, 6.45) is 1.18. The first kappa shape index (κ1) is 16.0. The molecule has 1 N–H and O–H groups in total. The van der Waals surface area contributed by atoms with Gasteiger partial charge in [0, 0.05) is 6.54 Å². The van der Waals surface area contributed by atoms with Crippen LogP contribution in [0.15, 0.2) is 24.3 Å². The molecule has 0 aromatic heterocycles. The zero-order valence-electron chi connectivity index (χ0n) is 12.8. The zero-order valence-corrected chi connectivity index (χ0v) is 12.8. The fraction of sp³-hybridized carbons (Fsp3) is 0.625. The minimum atomic E-state index is 0.504. The van der Waals surface area contributed by atoms with Crippen LogP contribution in [-0.4, -0.2) is 45.2 Å². The molecule has 108 valence electrons. The van der Waals surface area contributed by atoms with Crippen LogP contribution in [0.1, 0.15) is 31.7 Å². The summed E-state index contributed by atoms with van der Waals surface area (Å²) in [5.41, 5.74) is 1.29. The van der Waals surface area contributed by atoms with Crippen molar-refractivity contribution in [3.63, 3.8) is 0 Å². The van der Waals surface area contributed by atoms with E-state index < -0.39 is 0 Å². The molecule has 0 aliphatic rings. The van der Waals surface area contributed by atoms with Crippen molar-refractivity contribution in [1.29, 1.82) is 0 Å². The van der Waals surface area contributed by atoms with Gasteiger partial charge in [-0.25, -0.2) is 0 Å². The monoisotopic (exact) mass is 264 g/mol. The number of nitrogens with zero attached hydrogens (tertiary/aromatic N) is 1. The normalized spacial score (nSPS) is 11.3. The van der Waals surface area contributed by atoms with Crippen molar-refractivity contribution in [2.75, 3.05) is 40.3 Å². The average molecular weight is 264 g/mol. The van der Waals surface area contributed by atoms with Gasteiger partial charge < -0.3 is 15.0 Å². The highest BCUT2D eigenvalue weighted by molar-refractivity contribution is 5.35. The van der Waals surface area contributed by atoms with Crippen LogP contribution < -0.4 is 10.1 Å². The van der Waals surface area contributed by atoms with E-state index in [1.54, 1.807) is 0 Å². The molecule has 19 heavy (non-hydrogen) atoms. The largest absolute Gasteiger partial charge is 0.492 e. The summed E-state index contributed by atoms with van der Waals surface area (Å²) in [7, 11) is 4.21. The summed E-state index contributed by atoms with van der Waals surface area (Å²) < 4.78 is 5.85. The molecule has 0 saturated carbocycles. The van der Waals surface area contributed by atoms with E-state index in [1.165, 1.54) is 12.0 Å². The van der Waals surface area contributed by atoms with Crippen LogP contribution in [-0.2, 0) is 0 Å². The molecule has 0 atom stereocenters. The Bertz CT molecular complexity index is 350. The fourth-order valence-electron chi connectivity index (χ4n) is 1.97. The third-order valence-corrected chi connectivity index (χ3v) is 3.04. The predicted molar refractivity (Wildman–Crippen MR) is 82.1 cm³/mol. The first-order valence-electron chi connectivity index (χ1n) is 7.18. The van der Waals surface area contributed by atoms with Crippen LogP contribution in [0.4, 0.5) is 0 Å². The van der Waals surface area contributed by atoms with Crippen molar-refractivity contribution in [3.8, 4) is 5.75 Å². The lowest BCUT2D eigenvalue weighted by Crippen LogP contribution is -2.25. The Labute approximate surface area is 118 Å². The second-order valence-corrected chi connectivity index (χ2v) is 5.45. The van der Waals surface area contributed by atoms with Gasteiger partial charge in [-0.3, -0.25) is 0 Å². The maximum atomic E-state index is 5.85. The lowest BCUT2D eigenvalue weighted by Gasteiger charge is -2.14. The van der Waals surface area contributed by atoms with Crippen molar-refractivity contribution in [3.05, 3.63) is 29.8 Å². The second-order valence-electron chi connectivity index (χ2n) is 5.45. The van der Waals surface area contributed by atoms with E-state index in [0.717, 1.165) is 32.0 Å². The van der Waals surface area contributed by atoms with Gasteiger partial charge in [0.2, 0.25) is 0 Å². The van der Waals surface area contributed by atoms with Gasteiger partial charge in [-0.1, -0.05) is 32.0 Å². The predicted octanol–water partition coefficient (Wildman–Crippen LogP) is 2.73. The van der Waals surface area contributed by atoms with Crippen LogP contribution >= 0.6 is 0 Å². The molecular weight excluding hydrogens is 236 g/mol. The topological polar surface area (TPSA) is 24.5 Å². The highest BCUT2D eigenvalue weighted by Crippen LogP contribution is 2.25. The van der Waals surface area contributed by atoms with Crippen LogP contribution in [0.2, 0.25) is 0 Å². The first-order chi connectivity index (χ1) is 9.11. The highest BCUT2D eigenvalue weighted by atomic mass is 16.5. The third kappa shape index (κ3) is 6.60. The lowest BCUT2D eigenvalue weighted by atomic mass is 10.0. The number of para-hydroxylation sites is 1. The van der Waals surface area contributed by atoms with Crippen LogP contribution in [0.5, 0.6) is 5.75 Å². The molecule has 0 saturated heterocycles. The van der Waals surface area contributed by atoms with Gasteiger partial charge in [0.1, 0.15) is 12.4 Å². The summed E-state index contributed by atoms with van der Waals surface area (Å²) in [5, 5.41) is 3.41. The molecule has 0 aliphatic carbocycles. The third-order valence-electron chi connectivity index (χ3n) is 3.04. The molecule has 0 heterocycles. The molecule has 0 unspecified atom stereocenters. The average Bonchev–Trinajstić information content (AvgIpc) is 2.37. The van der Waals surface area contributed by atoms with E-state index in [2.05, 4.69) is 56.4 Å². The number of rotatable bonds is 9. The van der Waals surface area contributed by atoms with E-state index in [-0.39, 0.29) is 0 Å². The van der Waals surface area contributed by atoms with Crippen LogP contribution in [0, 0.1) is 0 Å². The van der Waals surface area contributed by atoms with Gasteiger partial charge in [0.15, 0.2) is 0 Å². The van der Waals surface area contributed by atoms with Gasteiger partial charge in [0.25, 0.3) is 0 Å². The quantitative estimate of drug-likeness (QED) is 0.694. The molecule has 0 radical (unpaired) electrons. The minimum Gasteiger partial charge on any atom is -0.492 e. The maximum absolute atomic E-state index is 5.85. The summed E-state index contributed by atoms with van der Waals surface area (Å²) >= 11 is 0. The van der Waals surface area contributed by atoms with Crippen molar-refractivity contribution >= 4 is 0 Å². The van der Waals surface area contributed by atoms with Gasteiger partial charge >= 0.3 is 0 Å². The molecular formula is C16H28N2O. The summed E-state index contributed by atoms with van der Waals surface area (Å²) in [6, 6.07) is 8.30. The fourth-order valence-corrected chi connectivity index (χ4v) is 1.97. The van der Waals surface area contributed by atoms with Crippen LogP contribution in [0.3, 0.4) is 0 Å². The Morgan fingerprint density at radius 1 is 1.16 bits per heavy atom. The molecule has 3 heteroatoms. The van der Waals surface area contributed by atoms with Crippen molar-refractivity contribution in [2.24, 2.45) is 0 Å². The molecule has 1 rings (SSSR count). The molecule has 0 amide bonds. The Morgan fingerprint density at radius 2 is 1.89 bits per heavy atom. The Morgan fingerprint density at radius 3 is 2.58 bits per heavy atom. The van der Waals surface area contributed by atoms with E-state index in [1.807, 2.05) is 6.07 Å². The zero-order chi connectivity index (χ0) is 14.1.